The predicted molar refractivity (Wildman–Crippen MR) is 174 cm³/mol. The van der Waals surface area contributed by atoms with Crippen molar-refractivity contribution < 1.29 is 19.4 Å². The smallest absolute Gasteiger partial charge is 0.411 e. The fourth-order valence-corrected chi connectivity index (χ4v) is 4.77. The highest BCUT2D eigenvalue weighted by Gasteiger charge is 2.23. The van der Waals surface area contributed by atoms with Gasteiger partial charge in [0.15, 0.2) is 0 Å². The maximum atomic E-state index is 12.6. The van der Waals surface area contributed by atoms with Crippen LogP contribution in [0.5, 0.6) is 5.75 Å². The summed E-state index contributed by atoms with van der Waals surface area (Å²) in [5, 5.41) is 15.9. The van der Waals surface area contributed by atoms with E-state index in [2.05, 4.69) is 66.1 Å². The molecule has 0 aliphatic carbocycles. The van der Waals surface area contributed by atoms with Crippen LogP contribution in [0.15, 0.2) is 116 Å². The molecule has 7 nitrogen and oxygen atoms in total. The number of nitrogens with one attached hydrogen (secondary N) is 2. The van der Waals surface area contributed by atoms with Gasteiger partial charge in [-0.1, -0.05) is 86.5 Å². The first-order valence-corrected chi connectivity index (χ1v) is 14.6. The van der Waals surface area contributed by atoms with Crippen molar-refractivity contribution in [2.45, 2.75) is 31.8 Å². The molecular formula is C35H40ClN3O4. The van der Waals surface area contributed by atoms with Gasteiger partial charge in [-0.05, 0) is 72.2 Å². The van der Waals surface area contributed by atoms with E-state index in [-0.39, 0.29) is 23.3 Å². The van der Waals surface area contributed by atoms with Gasteiger partial charge in [0.25, 0.3) is 5.91 Å². The fraction of sp³-hybridized carbons (Fsp3) is 0.257. The van der Waals surface area contributed by atoms with Crippen molar-refractivity contribution in [2.75, 3.05) is 26.2 Å². The largest absolute Gasteiger partial charge is 0.507 e. The Balaban J connectivity index is 1.36. The van der Waals surface area contributed by atoms with Crippen molar-refractivity contribution in [3.05, 3.63) is 138 Å². The highest BCUT2D eigenvalue weighted by atomic mass is 35.5. The summed E-state index contributed by atoms with van der Waals surface area (Å²) in [5.41, 5.74) is 4.22. The molecule has 2 amide bonds. The Hall–Kier alpha value is -4.33. The molecule has 2 aromatic rings. The molecule has 0 bridgehead atoms. The zero-order chi connectivity index (χ0) is 31.2. The minimum absolute atomic E-state index is 0.0960. The van der Waals surface area contributed by atoms with Crippen molar-refractivity contribution in [1.82, 2.24) is 15.5 Å². The Morgan fingerprint density at radius 2 is 1.70 bits per heavy atom. The van der Waals surface area contributed by atoms with Gasteiger partial charge >= 0.3 is 6.09 Å². The monoisotopic (exact) mass is 601 g/mol. The number of piperidine rings is 1. The van der Waals surface area contributed by atoms with E-state index in [4.69, 9.17) is 16.3 Å². The van der Waals surface area contributed by atoms with Gasteiger partial charge in [0.1, 0.15) is 11.9 Å². The predicted octanol–water partition coefficient (Wildman–Crippen LogP) is 6.68. The molecule has 0 unspecified atom stereocenters. The van der Waals surface area contributed by atoms with Crippen LogP contribution in [-0.2, 0) is 17.6 Å². The van der Waals surface area contributed by atoms with Crippen LogP contribution < -0.4 is 10.6 Å². The summed E-state index contributed by atoms with van der Waals surface area (Å²) in [5.74, 6) is -0.452. The van der Waals surface area contributed by atoms with Gasteiger partial charge in [-0.2, -0.15) is 0 Å². The van der Waals surface area contributed by atoms with Crippen LogP contribution >= 0.6 is 11.6 Å². The summed E-state index contributed by atoms with van der Waals surface area (Å²) in [6, 6.07) is 12.8. The van der Waals surface area contributed by atoms with Crippen LogP contribution in [0, 0.1) is 0 Å². The number of aromatic hydroxyl groups is 1. The maximum absolute atomic E-state index is 12.6. The molecule has 0 aromatic heterocycles. The zero-order valence-electron chi connectivity index (χ0n) is 24.5. The highest BCUT2D eigenvalue weighted by Crippen LogP contribution is 2.21. The zero-order valence-corrected chi connectivity index (χ0v) is 25.2. The molecule has 2 aromatic carbocycles. The van der Waals surface area contributed by atoms with E-state index in [9.17, 15) is 14.7 Å². The lowest BCUT2D eigenvalue weighted by Crippen LogP contribution is -2.40. The first-order chi connectivity index (χ1) is 20.7. The molecule has 1 aliphatic rings. The van der Waals surface area contributed by atoms with Gasteiger partial charge in [0.05, 0.1) is 11.3 Å². The first kappa shape index (κ1) is 33.2. The third kappa shape index (κ3) is 10.8. The van der Waals surface area contributed by atoms with Crippen LogP contribution in [0.2, 0.25) is 5.02 Å². The topological polar surface area (TPSA) is 90.9 Å². The SMILES string of the molecule is C=C/C=C\C(=C)C(=C)/C(=C\C=C)NC(=O)OC1CCN(CCc2ccc(CCNC(=O)c3cc(Cl)ccc3O)cc2)CC1. The summed E-state index contributed by atoms with van der Waals surface area (Å²) in [6.45, 7) is 18.4. The first-order valence-electron chi connectivity index (χ1n) is 14.2. The number of halogens is 1. The average molecular weight is 602 g/mol. The minimum atomic E-state index is -0.518. The molecule has 226 valence electrons. The second kappa shape index (κ2) is 16.9. The Bertz CT molecular complexity index is 1390. The molecule has 0 saturated carbocycles. The van der Waals surface area contributed by atoms with E-state index < -0.39 is 6.09 Å². The summed E-state index contributed by atoms with van der Waals surface area (Å²) in [7, 11) is 0. The number of amides is 2. The number of carbonyl (C=O) groups excluding carboxylic acids is 2. The summed E-state index contributed by atoms with van der Waals surface area (Å²) >= 11 is 5.93. The lowest BCUT2D eigenvalue weighted by Gasteiger charge is -2.31. The van der Waals surface area contributed by atoms with Crippen molar-refractivity contribution >= 4 is 23.6 Å². The minimum Gasteiger partial charge on any atom is -0.507 e. The van der Waals surface area contributed by atoms with E-state index >= 15 is 0 Å². The maximum Gasteiger partial charge on any atom is 0.411 e. The van der Waals surface area contributed by atoms with Crippen LogP contribution in [0.3, 0.4) is 0 Å². The second-order valence-corrected chi connectivity index (χ2v) is 10.7. The Labute approximate surface area is 259 Å². The van der Waals surface area contributed by atoms with Crippen LogP contribution in [0.4, 0.5) is 4.79 Å². The molecule has 0 radical (unpaired) electrons. The number of phenolic OH excluding ortho intramolecular Hbond substituents is 1. The lowest BCUT2D eigenvalue weighted by atomic mass is 10.0. The third-order valence-corrected chi connectivity index (χ3v) is 7.35. The molecule has 0 atom stereocenters. The molecule has 43 heavy (non-hydrogen) atoms. The number of likely N-dealkylation sites (tertiary alicyclic amines) is 1. The van der Waals surface area contributed by atoms with Gasteiger partial charge in [-0.25, -0.2) is 4.79 Å². The molecular weight excluding hydrogens is 562 g/mol. The molecule has 1 saturated heterocycles. The Morgan fingerprint density at radius 3 is 2.35 bits per heavy atom. The normalized spacial score (nSPS) is 14.2. The van der Waals surface area contributed by atoms with Crippen molar-refractivity contribution in [2.24, 2.45) is 0 Å². The molecule has 8 heteroatoms. The van der Waals surface area contributed by atoms with E-state index in [0.717, 1.165) is 44.5 Å². The second-order valence-electron chi connectivity index (χ2n) is 10.2. The quantitative estimate of drug-likeness (QED) is 0.210. The molecule has 3 N–H and O–H groups in total. The lowest BCUT2D eigenvalue weighted by molar-refractivity contribution is 0.0527. The summed E-state index contributed by atoms with van der Waals surface area (Å²) in [6.07, 6.45) is 10.9. The van der Waals surface area contributed by atoms with Crippen molar-refractivity contribution in [3.8, 4) is 5.75 Å². The van der Waals surface area contributed by atoms with Gasteiger partial charge in [-0.3, -0.25) is 10.1 Å². The standard InChI is InChI=1S/C35H40ClN3O4/c1-5-7-9-25(3)26(4)32(8-6-2)38-35(42)43-30-18-22-39(23-19-30)21-17-28-12-10-27(11-13-28)16-20-37-34(41)31-24-29(36)14-15-33(31)40/h5-15,24,30,40H,1-4,16-23H2,(H,37,41)(H,38,42)/b9-7-,32-8+. The van der Waals surface area contributed by atoms with Crippen LogP contribution in [0.1, 0.15) is 34.3 Å². The van der Waals surface area contributed by atoms with Crippen LogP contribution in [-0.4, -0.2) is 54.3 Å². The Morgan fingerprint density at radius 1 is 1.02 bits per heavy atom. The number of phenols is 1. The van der Waals surface area contributed by atoms with Crippen LogP contribution in [0.25, 0.3) is 0 Å². The van der Waals surface area contributed by atoms with Gasteiger partial charge < -0.3 is 20.1 Å². The summed E-state index contributed by atoms with van der Waals surface area (Å²) in [4.78, 5) is 27.3. The number of hydrogen-bond acceptors (Lipinski definition) is 5. The number of rotatable bonds is 14. The number of ether oxygens (including phenoxy) is 1. The number of alkyl carbamates (subject to hydrolysis) is 1. The van der Waals surface area contributed by atoms with E-state index in [0.29, 0.717) is 34.8 Å². The molecule has 3 rings (SSSR count). The number of benzene rings is 2. The number of hydrogen-bond donors (Lipinski definition) is 3. The fourth-order valence-electron chi connectivity index (χ4n) is 4.60. The third-order valence-electron chi connectivity index (χ3n) is 7.12. The summed E-state index contributed by atoms with van der Waals surface area (Å²) < 4.78 is 5.69. The van der Waals surface area contributed by atoms with E-state index in [1.807, 2.05) is 0 Å². The van der Waals surface area contributed by atoms with Gasteiger partial charge in [-0.15, -0.1) is 0 Å². The number of carbonyl (C=O) groups is 2. The highest BCUT2D eigenvalue weighted by molar-refractivity contribution is 6.31. The molecule has 1 aliphatic heterocycles. The number of allylic oxidation sites excluding steroid dienone is 6. The molecule has 1 heterocycles. The van der Waals surface area contributed by atoms with Crippen molar-refractivity contribution in [3.63, 3.8) is 0 Å². The average Bonchev–Trinajstić information content (AvgIpc) is 3.00. The Kier molecular flexibility index (Phi) is 13.1. The van der Waals surface area contributed by atoms with E-state index in [1.54, 1.807) is 30.4 Å². The van der Waals surface area contributed by atoms with Gasteiger partial charge in [0, 0.05) is 31.2 Å². The molecule has 1 fully saturated rings. The van der Waals surface area contributed by atoms with Gasteiger partial charge in [0.2, 0.25) is 0 Å². The molecule has 0 spiro atoms. The van der Waals surface area contributed by atoms with E-state index in [1.165, 1.54) is 23.8 Å². The van der Waals surface area contributed by atoms with Crippen molar-refractivity contribution in [1.29, 1.82) is 0 Å². The number of nitrogens with zero attached hydrogens (tertiary/aromatic N) is 1.